The average molecular weight is 413 g/mol. The summed E-state index contributed by atoms with van der Waals surface area (Å²) in [7, 11) is -3.76. The standard InChI is InChI=1S/C20H20FN5O2S/c1-14-4-9-19(23-13-14)25-20-22-11-10-17(24-20)18-3-2-12-26(18)29(27,28)16-7-5-15(21)6-8-16/h4-11,13,18H,2-3,12H2,1H3,(H,22,23,24,25)/t18-/m0/s1. The van der Waals surface area contributed by atoms with Crippen LogP contribution < -0.4 is 5.32 Å². The van der Waals surface area contributed by atoms with Crippen molar-refractivity contribution in [3.05, 3.63) is 71.9 Å². The van der Waals surface area contributed by atoms with Crippen molar-refractivity contribution in [2.24, 2.45) is 0 Å². The van der Waals surface area contributed by atoms with Crippen LogP contribution in [0.25, 0.3) is 0 Å². The number of pyridine rings is 1. The van der Waals surface area contributed by atoms with Gasteiger partial charge in [0.2, 0.25) is 16.0 Å². The van der Waals surface area contributed by atoms with Gasteiger partial charge in [0.05, 0.1) is 16.6 Å². The van der Waals surface area contributed by atoms with Crippen LogP contribution in [-0.4, -0.2) is 34.2 Å². The zero-order valence-corrected chi connectivity index (χ0v) is 16.6. The maximum Gasteiger partial charge on any atom is 0.243 e. The van der Waals surface area contributed by atoms with Gasteiger partial charge in [-0.1, -0.05) is 6.07 Å². The molecule has 29 heavy (non-hydrogen) atoms. The Morgan fingerprint density at radius 1 is 1.10 bits per heavy atom. The zero-order chi connectivity index (χ0) is 20.4. The highest BCUT2D eigenvalue weighted by Crippen LogP contribution is 2.36. The number of aromatic nitrogens is 3. The van der Waals surface area contributed by atoms with E-state index in [0.717, 1.165) is 24.1 Å². The SMILES string of the molecule is Cc1ccc(Nc2nccc([C@@H]3CCCN3S(=O)(=O)c3ccc(F)cc3)n2)nc1. The maximum absolute atomic E-state index is 13.2. The highest BCUT2D eigenvalue weighted by molar-refractivity contribution is 7.89. The van der Waals surface area contributed by atoms with Crippen molar-refractivity contribution in [3.63, 3.8) is 0 Å². The van der Waals surface area contributed by atoms with Crippen molar-refractivity contribution in [3.8, 4) is 0 Å². The number of anilines is 2. The van der Waals surface area contributed by atoms with Crippen LogP contribution in [0.4, 0.5) is 16.2 Å². The van der Waals surface area contributed by atoms with Crippen molar-refractivity contribution in [1.29, 1.82) is 0 Å². The summed E-state index contributed by atoms with van der Waals surface area (Å²) < 4.78 is 40.8. The molecule has 150 valence electrons. The van der Waals surface area contributed by atoms with Crippen LogP contribution in [0.5, 0.6) is 0 Å². The van der Waals surface area contributed by atoms with Crippen molar-refractivity contribution in [2.75, 3.05) is 11.9 Å². The summed E-state index contributed by atoms with van der Waals surface area (Å²) in [5.41, 5.74) is 1.65. The Kier molecular flexibility index (Phi) is 5.25. The number of aryl methyl sites for hydroxylation is 1. The summed E-state index contributed by atoms with van der Waals surface area (Å²) in [6.07, 6.45) is 4.71. The normalized spacial score (nSPS) is 17.4. The van der Waals surface area contributed by atoms with Gasteiger partial charge in [0.15, 0.2) is 0 Å². The first-order chi connectivity index (χ1) is 13.9. The molecule has 1 fully saturated rings. The smallest absolute Gasteiger partial charge is 0.243 e. The molecule has 1 saturated heterocycles. The monoisotopic (exact) mass is 413 g/mol. The number of rotatable bonds is 5. The molecule has 9 heteroatoms. The van der Waals surface area contributed by atoms with Gasteiger partial charge in [0.25, 0.3) is 0 Å². The first-order valence-electron chi connectivity index (χ1n) is 9.23. The average Bonchev–Trinajstić information content (AvgIpc) is 3.21. The molecule has 3 aromatic rings. The molecular formula is C20H20FN5O2S. The molecule has 7 nitrogen and oxygen atoms in total. The maximum atomic E-state index is 13.2. The van der Waals surface area contributed by atoms with Gasteiger partial charge in [-0.3, -0.25) is 0 Å². The Balaban J connectivity index is 1.60. The second-order valence-corrected chi connectivity index (χ2v) is 8.77. The van der Waals surface area contributed by atoms with Crippen LogP contribution in [0.15, 0.2) is 59.8 Å². The Morgan fingerprint density at radius 2 is 1.90 bits per heavy atom. The summed E-state index contributed by atoms with van der Waals surface area (Å²) in [6.45, 7) is 2.33. The lowest BCUT2D eigenvalue weighted by atomic mass is 10.1. The fraction of sp³-hybridized carbons (Fsp3) is 0.250. The molecule has 0 amide bonds. The van der Waals surface area contributed by atoms with E-state index >= 15 is 0 Å². The van der Waals surface area contributed by atoms with Gasteiger partial charge < -0.3 is 5.32 Å². The van der Waals surface area contributed by atoms with E-state index in [9.17, 15) is 12.8 Å². The zero-order valence-electron chi connectivity index (χ0n) is 15.8. The van der Waals surface area contributed by atoms with E-state index in [1.54, 1.807) is 18.5 Å². The molecule has 0 bridgehead atoms. The molecule has 1 atom stereocenters. The molecule has 0 saturated carbocycles. The Labute approximate surface area is 168 Å². The molecule has 0 unspecified atom stereocenters. The lowest BCUT2D eigenvalue weighted by molar-refractivity contribution is 0.390. The van der Waals surface area contributed by atoms with E-state index in [-0.39, 0.29) is 4.90 Å². The number of nitrogens with zero attached hydrogens (tertiary/aromatic N) is 4. The summed E-state index contributed by atoms with van der Waals surface area (Å²) in [4.78, 5) is 13.1. The summed E-state index contributed by atoms with van der Waals surface area (Å²) >= 11 is 0. The van der Waals surface area contributed by atoms with E-state index in [0.29, 0.717) is 30.4 Å². The minimum absolute atomic E-state index is 0.0714. The topological polar surface area (TPSA) is 88.1 Å². The number of sulfonamides is 1. The van der Waals surface area contributed by atoms with Crippen LogP contribution in [0.2, 0.25) is 0 Å². The third kappa shape index (κ3) is 4.10. The number of hydrogen-bond donors (Lipinski definition) is 1. The van der Waals surface area contributed by atoms with Crippen LogP contribution in [0.1, 0.15) is 30.1 Å². The number of hydrogen-bond acceptors (Lipinski definition) is 6. The van der Waals surface area contributed by atoms with Crippen molar-refractivity contribution in [2.45, 2.75) is 30.7 Å². The third-order valence-electron chi connectivity index (χ3n) is 4.79. The molecule has 1 aliphatic rings. The largest absolute Gasteiger partial charge is 0.309 e. The van der Waals surface area contributed by atoms with Gasteiger partial charge in [-0.25, -0.2) is 27.8 Å². The van der Waals surface area contributed by atoms with Gasteiger partial charge in [0.1, 0.15) is 11.6 Å². The molecule has 3 heterocycles. The summed E-state index contributed by atoms with van der Waals surface area (Å²) in [6, 6.07) is 9.94. The lowest BCUT2D eigenvalue weighted by Crippen LogP contribution is -2.31. The molecule has 0 radical (unpaired) electrons. The Morgan fingerprint density at radius 3 is 2.62 bits per heavy atom. The number of nitrogens with one attached hydrogen (secondary N) is 1. The molecular weight excluding hydrogens is 393 g/mol. The highest BCUT2D eigenvalue weighted by atomic mass is 32.2. The quantitative estimate of drug-likeness (QED) is 0.688. The number of benzene rings is 1. The first kappa shape index (κ1) is 19.4. The molecule has 1 N–H and O–H groups in total. The number of halogens is 1. The van der Waals surface area contributed by atoms with E-state index in [4.69, 9.17) is 0 Å². The summed E-state index contributed by atoms with van der Waals surface area (Å²) in [5.74, 6) is 0.484. The second kappa shape index (κ2) is 7.84. The van der Waals surface area contributed by atoms with Gasteiger partial charge in [-0.05, 0) is 61.7 Å². The van der Waals surface area contributed by atoms with E-state index in [1.807, 2.05) is 19.1 Å². The van der Waals surface area contributed by atoms with Crippen LogP contribution in [0.3, 0.4) is 0 Å². The van der Waals surface area contributed by atoms with Gasteiger partial charge in [-0.15, -0.1) is 0 Å². The van der Waals surface area contributed by atoms with Gasteiger partial charge >= 0.3 is 0 Å². The summed E-state index contributed by atoms with van der Waals surface area (Å²) in [5, 5.41) is 3.04. The molecule has 0 spiro atoms. The second-order valence-electron chi connectivity index (χ2n) is 6.88. The van der Waals surface area contributed by atoms with E-state index in [1.165, 1.54) is 16.4 Å². The fourth-order valence-corrected chi connectivity index (χ4v) is 5.01. The predicted octanol–water partition coefficient (Wildman–Crippen LogP) is 3.59. The van der Waals surface area contributed by atoms with Crippen LogP contribution in [0, 0.1) is 12.7 Å². The van der Waals surface area contributed by atoms with Crippen LogP contribution in [-0.2, 0) is 10.0 Å². The molecule has 0 aliphatic carbocycles. The van der Waals surface area contributed by atoms with Gasteiger partial charge in [-0.2, -0.15) is 4.31 Å². The predicted molar refractivity (Wildman–Crippen MR) is 107 cm³/mol. The highest BCUT2D eigenvalue weighted by Gasteiger charge is 2.37. The first-order valence-corrected chi connectivity index (χ1v) is 10.7. The minimum atomic E-state index is -3.76. The molecule has 2 aromatic heterocycles. The molecule has 1 aromatic carbocycles. The van der Waals surface area contributed by atoms with Crippen molar-refractivity contribution in [1.82, 2.24) is 19.3 Å². The van der Waals surface area contributed by atoms with E-state index < -0.39 is 21.9 Å². The van der Waals surface area contributed by atoms with Crippen molar-refractivity contribution < 1.29 is 12.8 Å². The molecule has 4 rings (SSSR count). The van der Waals surface area contributed by atoms with E-state index in [2.05, 4.69) is 20.3 Å². The fourth-order valence-electron chi connectivity index (χ4n) is 3.34. The van der Waals surface area contributed by atoms with Crippen LogP contribution >= 0.6 is 0 Å². The lowest BCUT2D eigenvalue weighted by Gasteiger charge is -2.24. The minimum Gasteiger partial charge on any atom is -0.309 e. The molecule has 1 aliphatic heterocycles. The Bertz CT molecular complexity index is 1100. The van der Waals surface area contributed by atoms with Crippen molar-refractivity contribution >= 4 is 21.8 Å². The van der Waals surface area contributed by atoms with Gasteiger partial charge in [0, 0.05) is 18.9 Å². The third-order valence-corrected chi connectivity index (χ3v) is 6.72. The Hall–Kier alpha value is -2.91.